The van der Waals surface area contributed by atoms with Crippen molar-refractivity contribution in [2.45, 2.75) is 46.6 Å². The number of hydrogen-bond acceptors (Lipinski definition) is 3. The monoisotopic (exact) mass is 269 g/mol. The molecular weight excluding hydrogens is 238 g/mol. The van der Waals surface area contributed by atoms with E-state index in [-0.39, 0.29) is 0 Å². The maximum Gasteiger partial charge on any atom is 0.222 e. The standard InChI is InChI=1S/C15H31N3O/c1-5-17-6-7-18(11-13(17)4)15(19)9-14(10-16)8-12(2)3/h12-14H,5-11,16H2,1-4H3/t13?,14-/m0/s1. The number of amides is 1. The molecule has 2 atom stereocenters. The highest BCUT2D eigenvalue weighted by atomic mass is 16.2. The molecule has 1 aliphatic rings. The molecule has 112 valence electrons. The van der Waals surface area contributed by atoms with Gasteiger partial charge in [-0.1, -0.05) is 20.8 Å². The summed E-state index contributed by atoms with van der Waals surface area (Å²) in [6, 6.07) is 0.476. The smallest absolute Gasteiger partial charge is 0.222 e. The summed E-state index contributed by atoms with van der Waals surface area (Å²) in [5.41, 5.74) is 5.79. The maximum atomic E-state index is 12.3. The number of nitrogens with zero attached hydrogens (tertiary/aromatic N) is 2. The van der Waals surface area contributed by atoms with Gasteiger partial charge >= 0.3 is 0 Å². The largest absolute Gasteiger partial charge is 0.340 e. The Morgan fingerprint density at radius 1 is 1.37 bits per heavy atom. The van der Waals surface area contributed by atoms with Crippen molar-refractivity contribution >= 4 is 5.91 Å². The first-order valence-electron chi connectivity index (χ1n) is 7.69. The third kappa shape index (κ3) is 5.11. The zero-order chi connectivity index (χ0) is 14.4. The fourth-order valence-electron chi connectivity index (χ4n) is 3.00. The summed E-state index contributed by atoms with van der Waals surface area (Å²) in [7, 11) is 0. The highest BCUT2D eigenvalue weighted by Gasteiger charge is 2.26. The second-order valence-corrected chi connectivity index (χ2v) is 6.25. The Hall–Kier alpha value is -0.610. The fourth-order valence-corrected chi connectivity index (χ4v) is 3.00. The van der Waals surface area contributed by atoms with Crippen molar-refractivity contribution in [2.24, 2.45) is 17.6 Å². The number of nitrogens with two attached hydrogens (primary N) is 1. The Morgan fingerprint density at radius 2 is 2.05 bits per heavy atom. The van der Waals surface area contributed by atoms with Gasteiger partial charge in [0.1, 0.15) is 0 Å². The van der Waals surface area contributed by atoms with E-state index in [1.54, 1.807) is 0 Å². The summed E-state index contributed by atoms with van der Waals surface area (Å²) in [6.45, 7) is 13.2. The van der Waals surface area contributed by atoms with Crippen molar-refractivity contribution in [3.63, 3.8) is 0 Å². The minimum atomic E-state index is 0.290. The lowest BCUT2D eigenvalue weighted by atomic mass is 9.93. The Kier molecular flexibility index (Phi) is 6.80. The Bertz CT molecular complexity index is 281. The van der Waals surface area contributed by atoms with Crippen LogP contribution >= 0.6 is 0 Å². The summed E-state index contributed by atoms with van der Waals surface area (Å²) < 4.78 is 0. The van der Waals surface area contributed by atoms with Crippen LogP contribution in [0.4, 0.5) is 0 Å². The van der Waals surface area contributed by atoms with Crippen LogP contribution in [0.5, 0.6) is 0 Å². The van der Waals surface area contributed by atoms with E-state index in [0.29, 0.717) is 36.8 Å². The summed E-state index contributed by atoms with van der Waals surface area (Å²) in [4.78, 5) is 16.8. The van der Waals surface area contributed by atoms with E-state index in [1.165, 1.54) is 0 Å². The zero-order valence-electron chi connectivity index (χ0n) is 13.1. The van der Waals surface area contributed by atoms with Crippen molar-refractivity contribution in [1.29, 1.82) is 0 Å². The van der Waals surface area contributed by atoms with Gasteiger partial charge in [-0.05, 0) is 38.3 Å². The van der Waals surface area contributed by atoms with E-state index in [2.05, 4.69) is 32.6 Å². The first-order valence-corrected chi connectivity index (χ1v) is 7.69. The van der Waals surface area contributed by atoms with Crippen molar-refractivity contribution in [3.8, 4) is 0 Å². The molecule has 0 spiro atoms. The second kappa shape index (κ2) is 7.85. The van der Waals surface area contributed by atoms with Gasteiger partial charge in [-0.2, -0.15) is 0 Å². The van der Waals surface area contributed by atoms with Gasteiger partial charge in [-0.25, -0.2) is 0 Å². The minimum absolute atomic E-state index is 0.290. The van der Waals surface area contributed by atoms with Crippen LogP contribution in [0, 0.1) is 11.8 Å². The Balaban J connectivity index is 2.45. The minimum Gasteiger partial charge on any atom is -0.340 e. The van der Waals surface area contributed by atoms with Gasteiger partial charge in [0.2, 0.25) is 5.91 Å². The molecule has 4 nitrogen and oxygen atoms in total. The van der Waals surface area contributed by atoms with Crippen LogP contribution in [0.15, 0.2) is 0 Å². The van der Waals surface area contributed by atoms with E-state index in [4.69, 9.17) is 5.73 Å². The average Bonchev–Trinajstić information content (AvgIpc) is 2.37. The summed E-state index contributed by atoms with van der Waals surface area (Å²) in [5.74, 6) is 1.24. The number of likely N-dealkylation sites (N-methyl/N-ethyl adjacent to an activating group) is 1. The molecule has 1 aliphatic heterocycles. The third-order valence-electron chi connectivity index (χ3n) is 4.13. The van der Waals surface area contributed by atoms with Crippen LogP contribution in [-0.4, -0.2) is 54.5 Å². The molecule has 1 unspecified atom stereocenters. The molecule has 0 radical (unpaired) electrons. The first kappa shape index (κ1) is 16.4. The van der Waals surface area contributed by atoms with Gasteiger partial charge in [-0.3, -0.25) is 9.69 Å². The lowest BCUT2D eigenvalue weighted by Gasteiger charge is -2.39. The molecule has 0 bridgehead atoms. The van der Waals surface area contributed by atoms with E-state index in [0.717, 1.165) is 32.6 Å². The molecule has 0 aromatic rings. The van der Waals surface area contributed by atoms with Crippen LogP contribution in [-0.2, 0) is 4.79 Å². The Labute approximate surface area is 118 Å². The molecule has 2 N–H and O–H groups in total. The highest BCUT2D eigenvalue weighted by Crippen LogP contribution is 2.17. The van der Waals surface area contributed by atoms with Crippen LogP contribution in [0.2, 0.25) is 0 Å². The SMILES string of the molecule is CCN1CCN(C(=O)C[C@@H](CN)CC(C)C)CC1C. The normalized spacial score (nSPS) is 22.8. The maximum absolute atomic E-state index is 12.3. The van der Waals surface area contributed by atoms with Crippen molar-refractivity contribution in [2.75, 3.05) is 32.7 Å². The molecule has 1 saturated heterocycles. The topological polar surface area (TPSA) is 49.6 Å². The third-order valence-corrected chi connectivity index (χ3v) is 4.13. The van der Waals surface area contributed by atoms with Crippen molar-refractivity contribution < 1.29 is 4.79 Å². The second-order valence-electron chi connectivity index (χ2n) is 6.25. The van der Waals surface area contributed by atoms with E-state index < -0.39 is 0 Å². The van der Waals surface area contributed by atoms with Gasteiger partial charge in [0.15, 0.2) is 0 Å². The summed E-state index contributed by atoms with van der Waals surface area (Å²) in [6.07, 6.45) is 1.67. The molecular formula is C15H31N3O. The molecule has 0 aliphatic carbocycles. The van der Waals surface area contributed by atoms with Gasteiger partial charge in [0, 0.05) is 32.1 Å². The van der Waals surface area contributed by atoms with E-state index in [1.807, 2.05) is 4.90 Å². The molecule has 0 aromatic heterocycles. The van der Waals surface area contributed by atoms with Gasteiger partial charge in [0.05, 0.1) is 0 Å². The number of piperazine rings is 1. The van der Waals surface area contributed by atoms with Crippen LogP contribution < -0.4 is 5.73 Å². The van der Waals surface area contributed by atoms with Gasteiger partial charge < -0.3 is 10.6 Å². The van der Waals surface area contributed by atoms with E-state index in [9.17, 15) is 4.79 Å². The quantitative estimate of drug-likeness (QED) is 0.796. The molecule has 0 aromatic carbocycles. The molecule has 1 amide bonds. The van der Waals surface area contributed by atoms with Crippen LogP contribution in [0.25, 0.3) is 0 Å². The predicted molar refractivity (Wildman–Crippen MR) is 79.9 cm³/mol. The number of hydrogen-bond donors (Lipinski definition) is 1. The van der Waals surface area contributed by atoms with Gasteiger partial charge in [0.25, 0.3) is 0 Å². The first-order chi connectivity index (χ1) is 8.97. The summed E-state index contributed by atoms with van der Waals surface area (Å²) in [5, 5.41) is 0. The van der Waals surface area contributed by atoms with Crippen LogP contribution in [0.1, 0.15) is 40.5 Å². The number of carbonyl (C=O) groups excluding carboxylic acids is 1. The molecule has 1 heterocycles. The Morgan fingerprint density at radius 3 is 2.53 bits per heavy atom. The fraction of sp³-hybridized carbons (Fsp3) is 0.933. The predicted octanol–water partition coefficient (Wildman–Crippen LogP) is 1.55. The molecule has 1 rings (SSSR count). The zero-order valence-corrected chi connectivity index (χ0v) is 13.1. The molecule has 4 heteroatoms. The van der Waals surface area contributed by atoms with Crippen molar-refractivity contribution in [1.82, 2.24) is 9.80 Å². The lowest BCUT2D eigenvalue weighted by Crippen LogP contribution is -2.53. The lowest BCUT2D eigenvalue weighted by molar-refractivity contribution is -0.135. The van der Waals surface area contributed by atoms with Crippen LogP contribution in [0.3, 0.4) is 0 Å². The number of rotatable bonds is 6. The van der Waals surface area contributed by atoms with E-state index >= 15 is 0 Å². The number of carbonyl (C=O) groups is 1. The average molecular weight is 269 g/mol. The van der Waals surface area contributed by atoms with Crippen molar-refractivity contribution in [3.05, 3.63) is 0 Å². The summed E-state index contributed by atoms with van der Waals surface area (Å²) >= 11 is 0. The molecule has 0 saturated carbocycles. The van der Waals surface area contributed by atoms with Gasteiger partial charge in [-0.15, -0.1) is 0 Å². The highest BCUT2D eigenvalue weighted by molar-refractivity contribution is 5.76. The molecule has 19 heavy (non-hydrogen) atoms. The molecule has 1 fully saturated rings.